The summed E-state index contributed by atoms with van der Waals surface area (Å²) in [6, 6.07) is 18.3. The highest BCUT2D eigenvalue weighted by molar-refractivity contribution is 6.09. The summed E-state index contributed by atoms with van der Waals surface area (Å²) in [5.74, 6) is 0.438. The maximum absolute atomic E-state index is 13.4. The van der Waals surface area contributed by atoms with Crippen molar-refractivity contribution in [3.8, 4) is 0 Å². The van der Waals surface area contributed by atoms with Gasteiger partial charge in [0.25, 0.3) is 0 Å². The van der Waals surface area contributed by atoms with Gasteiger partial charge in [0.05, 0.1) is 11.5 Å². The fourth-order valence-corrected chi connectivity index (χ4v) is 5.42. The normalized spacial score (nSPS) is 30.3. The summed E-state index contributed by atoms with van der Waals surface area (Å²) in [4.78, 5) is 30.2. The van der Waals surface area contributed by atoms with Gasteiger partial charge in [-0.3, -0.25) is 14.5 Å². The molecule has 3 atom stereocenters. The van der Waals surface area contributed by atoms with E-state index in [0.29, 0.717) is 12.8 Å². The highest BCUT2D eigenvalue weighted by atomic mass is 16.2. The molecule has 2 aromatic carbocycles. The van der Waals surface area contributed by atoms with Crippen LogP contribution in [0.15, 0.2) is 54.6 Å². The SMILES string of the molecule is CN1C(=O)[C@]2(CC3C(=O)CCC2N3Cc2ccccc2)c2ccccc21. The average Bonchev–Trinajstić information content (AvgIpc) is 3.03. The molecule has 2 unspecified atom stereocenters. The van der Waals surface area contributed by atoms with Crippen LogP contribution in [0.5, 0.6) is 0 Å². The van der Waals surface area contributed by atoms with E-state index in [1.54, 1.807) is 4.90 Å². The van der Waals surface area contributed by atoms with Crippen molar-refractivity contribution in [1.82, 2.24) is 4.90 Å². The molecule has 2 aromatic rings. The molecule has 1 amide bonds. The van der Waals surface area contributed by atoms with Crippen molar-refractivity contribution in [2.75, 3.05) is 11.9 Å². The Labute approximate surface area is 153 Å². The molecule has 4 heteroatoms. The molecule has 2 saturated heterocycles. The Morgan fingerprint density at radius 3 is 2.58 bits per heavy atom. The second kappa shape index (κ2) is 5.52. The summed E-state index contributed by atoms with van der Waals surface area (Å²) >= 11 is 0. The first-order valence-electron chi connectivity index (χ1n) is 9.33. The topological polar surface area (TPSA) is 40.6 Å². The van der Waals surface area contributed by atoms with E-state index >= 15 is 0 Å². The summed E-state index contributed by atoms with van der Waals surface area (Å²) in [5, 5.41) is 0. The van der Waals surface area contributed by atoms with Crippen LogP contribution >= 0.6 is 0 Å². The Kier molecular flexibility index (Phi) is 3.35. The van der Waals surface area contributed by atoms with Gasteiger partial charge in [0, 0.05) is 31.7 Å². The van der Waals surface area contributed by atoms with Gasteiger partial charge in [0.15, 0.2) is 0 Å². The van der Waals surface area contributed by atoms with Gasteiger partial charge in [-0.15, -0.1) is 0 Å². The van der Waals surface area contributed by atoms with Gasteiger partial charge in [0.1, 0.15) is 5.78 Å². The number of hydrogen-bond donors (Lipinski definition) is 0. The number of amides is 1. The smallest absolute Gasteiger partial charge is 0.239 e. The number of ketones is 1. The second-order valence-electron chi connectivity index (χ2n) is 7.75. The highest BCUT2D eigenvalue weighted by Crippen LogP contribution is 2.55. The number of fused-ring (bicyclic) bond motifs is 5. The lowest BCUT2D eigenvalue weighted by atomic mass is 9.74. The lowest BCUT2D eigenvalue weighted by molar-refractivity contribution is -0.128. The van der Waals surface area contributed by atoms with Crippen LogP contribution in [0.2, 0.25) is 0 Å². The van der Waals surface area contributed by atoms with E-state index in [1.165, 1.54) is 5.56 Å². The van der Waals surface area contributed by atoms with Gasteiger partial charge in [0.2, 0.25) is 5.91 Å². The number of carbonyl (C=O) groups excluding carboxylic acids is 2. The first kappa shape index (κ1) is 15.8. The second-order valence-corrected chi connectivity index (χ2v) is 7.75. The first-order valence-corrected chi connectivity index (χ1v) is 9.33. The molecule has 1 spiro atoms. The van der Waals surface area contributed by atoms with Crippen molar-refractivity contribution in [2.24, 2.45) is 0 Å². The number of anilines is 1. The van der Waals surface area contributed by atoms with Crippen molar-refractivity contribution < 1.29 is 9.59 Å². The summed E-state index contributed by atoms with van der Waals surface area (Å²) in [5.41, 5.74) is 2.72. The third kappa shape index (κ3) is 1.93. The van der Waals surface area contributed by atoms with Gasteiger partial charge < -0.3 is 4.90 Å². The number of rotatable bonds is 2. The number of likely N-dealkylation sites (N-methyl/N-ethyl adjacent to an activating group) is 1. The molecular weight excluding hydrogens is 324 g/mol. The Morgan fingerprint density at radius 1 is 1.04 bits per heavy atom. The van der Waals surface area contributed by atoms with Crippen LogP contribution in [0.3, 0.4) is 0 Å². The van der Waals surface area contributed by atoms with E-state index in [1.807, 2.05) is 43.4 Å². The standard InChI is InChI=1S/C22H22N2O2/c1-23-17-10-6-5-9-16(17)22(21(23)26)13-18-19(25)11-12-20(22)24(18)14-15-7-3-2-4-8-15/h2-10,18,20H,11-14H2,1H3/t18?,20?,22-/m1/s1. The number of carbonyl (C=O) groups is 2. The Balaban J connectivity index is 1.62. The molecule has 26 heavy (non-hydrogen) atoms. The number of piperidine rings is 1. The van der Waals surface area contributed by atoms with Crippen LogP contribution in [-0.4, -0.2) is 35.7 Å². The minimum absolute atomic E-state index is 0.0870. The highest BCUT2D eigenvalue weighted by Gasteiger charge is 2.64. The number of nitrogens with zero attached hydrogens (tertiary/aromatic N) is 2. The lowest BCUT2D eigenvalue weighted by Crippen LogP contribution is -2.51. The molecule has 132 valence electrons. The number of para-hydroxylation sites is 1. The summed E-state index contributed by atoms with van der Waals surface area (Å²) in [7, 11) is 1.86. The molecule has 0 radical (unpaired) electrons. The number of hydrogen-bond acceptors (Lipinski definition) is 3. The first-order chi connectivity index (χ1) is 12.6. The van der Waals surface area contributed by atoms with Crippen LogP contribution in [0.4, 0.5) is 5.69 Å². The minimum Gasteiger partial charge on any atom is -0.314 e. The molecule has 3 aliphatic rings. The van der Waals surface area contributed by atoms with E-state index in [-0.39, 0.29) is 23.8 Å². The van der Waals surface area contributed by atoms with Crippen molar-refractivity contribution in [2.45, 2.75) is 43.3 Å². The average molecular weight is 346 g/mol. The van der Waals surface area contributed by atoms with Crippen molar-refractivity contribution in [1.29, 1.82) is 0 Å². The van der Waals surface area contributed by atoms with Gasteiger partial charge in [-0.1, -0.05) is 48.5 Å². The van der Waals surface area contributed by atoms with Crippen LogP contribution in [0, 0.1) is 0 Å². The molecule has 4 nitrogen and oxygen atoms in total. The van der Waals surface area contributed by atoms with Crippen molar-refractivity contribution >= 4 is 17.4 Å². The predicted molar refractivity (Wildman–Crippen MR) is 99.9 cm³/mol. The molecule has 3 heterocycles. The van der Waals surface area contributed by atoms with E-state index in [4.69, 9.17) is 0 Å². The van der Waals surface area contributed by atoms with E-state index in [2.05, 4.69) is 23.1 Å². The molecule has 0 aromatic heterocycles. The summed E-state index contributed by atoms with van der Waals surface area (Å²) in [6.07, 6.45) is 1.96. The molecule has 0 N–H and O–H groups in total. The molecular formula is C22H22N2O2. The molecule has 2 bridgehead atoms. The number of benzene rings is 2. The van der Waals surface area contributed by atoms with Crippen molar-refractivity contribution in [3.05, 3.63) is 65.7 Å². The molecule has 2 fully saturated rings. The lowest BCUT2D eigenvalue weighted by Gasteiger charge is -2.37. The zero-order valence-corrected chi connectivity index (χ0v) is 14.9. The monoisotopic (exact) mass is 346 g/mol. The Hall–Kier alpha value is -2.46. The van der Waals surface area contributed by atoms with Crippen LogP contribution in [0.1, 0.15) is 30.4 Å². The molecule has 0 aliphatic carbocycles. The molecule has 0 saturated carbocycles. The van der Waals surface area contributed by atoms with Gasteiger partial charge >= 0.3 is 0 Å². The fourth-order valence-electron chi connectivity index (χ4n) is 5.42. The Bertz CT molecular complexity index is 894. The van der Waals surface area contributed by atoms with E-state index in [9.17, 15) is 9.59 Å². The third-order valence-corrected chi connectivity index (χ3v) is 6.56. The van der Waals surface area contributed by atoms with E-state index < -0.39 is 5.41 Å². The third-order valence-electron chi connectivity index (χ3n) is 6.56. The zero-order valence-electron chi connectivity index (χ0n) is 14.9. The maximum atomic E-state index is 13.4. The molecule has 5 rings (SSSR count). The zero-order chi connectivity index (χ0) is 17.9. The minimum atomic E-state index is -0.572. The van der Waals surface area contributed by atoms with Gasteiger partial charge in [-0.05, 0) is 30.0 Å². The van der Waals surface area contributed by atoms with E-state index in [0.717, 1.165) is 24.2 Å². The maximum Gasteiger partial charge on any atom is 0.239 e. The van der Waals surface area contributed by atoms with Crippen LogP contribution in [0.25, 0.3) is 0 Å². The van der Waals surface area contributed by atoms with Crippen molar-refractivity contribution in [3.63, 3.8) is 0 Å². The van der Waals surface area contributed by atoms with Crippen LogP contribution < -0.4 is 4.90 Å². The quantitative estimate of drug-likeness (QED) is 0.839. The number of Topliss-reactive ketones (excluding diaryl/α,β-unsaturated/α-hetero) is 1. The summed E-state index contributed by atoms with van der Waals surface area (Å²) in [6.45, 7) is 0.725. The Morgan fingerprint density at radius 2 is 1.77 bits per heavy atom. The van der Waals surface area contributed by atoms with Gasteiger partial charge in [-0.25, -0.2) is 0 Å². The predicted octanol–water partition coefficient (Wildman–Crippen LogP) is 2.91. The fraction of sp³-hybridized carbons (Fsp3) is 0.364. The summed E-state index contributed by atoms with van der Waals surface area (Å²) < 4.78 is 0. The van der Waals surface area contributed by atoms with Gasteiger partial charge in [-0.2, -0.15) is 0 Å². The van der Waals surface area contributed by atoms with Crippen LogP contribution in [-0.2, 0) is 21.5 Å². The largest absolute Gasteiger partial charge is 0.314 e. The molecule has 3 aliphatic heterocycles.